The van der Waals surface area contributed by atoms with Gasteiger partial charge in [-0.25, -0.2) is 4.98 Å². The van der Waals surface area contributed by atoms with Crippen LogP contribution in [0.5, 0.6) is 0 Å². The van der Waals surface area contributed by atoms with E-state index in [-0.39, 0.29) is 0 Å². The third-order valence-electron chi connectivity index (χ3n) is 4.11. The molecule has 0 saturated heterocycles. The summed E-state index contributed by atoms with van der Waals surface area (Å²) in [5.74, 6) is 1.40. The Kier molecular flexibility index (Phi) is 3.03. The van der Waals surface area contributed by atoms with Crippen molar-refractivity contribution in [2.45, 2.75) is 38.6 Å². The maximum Gasteiger partial charge on any atom is 0.124 e. The minimum absolute atomic E-state index is 0.450. The zero-order chi connectivity index (χ0) is 12.8. The normalized spacial score (nSPS) is 17.3. The van der Waals surface area contributed by atoms with Gasteiger partial charge in [0.1, 0.15) is 5.82 Å². The van der Waals surface area contributed by atoms with Gasteiger partial charge in [-0.2, -0.15) is 0 Å². The molecule has 0 unspecified atom stereocenters. The average molecular weight is 283 g/mol. The Labute approximate surface area is 117 Å². The van der Waals surface area contributed by atoms with E-state index in [2.05, 4.69) is 16.5 Å². The van der Waals surface area contributed by atoms with Gasteiger partial charge in [0, 0.05) is 11.6 Å². The number of imidazole rings is 1. The number of hydrogen-bond acceptors (Lipinski definition) is 1. The smallest absolute Gasteiger partial charge is 0.124 e. The van der Waals surface area contributed by atoms with Crippen LogP contribution in [0.2, 0.25) is 5.02 Å². The van der Waals surface area contributed by atoms with Gasteiger partial charge in [0.25, 0.3) is 0 Å². The van der Waals surface area contributed by atoms with Gasteiger partial charge in [0.2, 0.25) is 0 Å². The van der Waals surface area contributed by atoms with Crippen LogP contribution in [0, 0.1) is 5.41 Å². The molecule has 0 radical (unpaired) electrons. The molecule has 1 fully saturated rings. The van der Waals surface area contributed by atoms with Crippen molar-refractivity contribution >= 4 is 34.2 Å². The second kappa shape index (κ2) is 4.43. The predicted octanol–water partition coefficient (Wildman–Crippen LogP) is 4.62. The predicted molar refractivity (Wildman–Crippen MR) is 76.3 cm³/mol. The molecule has 0 atom stereocenters. The molecular weight excluding hydrogens is 267 g/mol. The lowest BCUT2D eigenvalue weighted by Crippen LogP contribution is -2.12. The molecule has 0 N–H and O–H groups in total. The highest BCUT2D eigenvalue weighted by Crippen LogP contribution is 2.50. The first-order valence-electron chi connectivity index (χ1n) is 6.38. The average Bonchev–Trinajstić information content (AvgIpc) is 3.07. The topological polar surface area (TPSA) is 17.8 Å². The zero-order valence-corrected chi connectivity index (χ0v) is 11.9. The van der Waals surface area contributed by atoms with Crippen LogP contribution >= 0.6 is 23.2 Å². The molecule has 0 spiro atoms. The molecule has 96 valence electrons. The van der Waals surface area contributed by atoms with Crippen molar-refractivity contribution in [2.24, 2.45) is 5.41 Å². The Balaban J connectivity index is 2.08. The summed E-state index contributed by atoms with van der Waals surface area (Å²) in [6, 6.07) is 5.88. The Morgan fingerprint density at radius 2 is 2.17 bits per heavy atom. The number of aromatic nitrogens is 2. The summed E-state index contributed by atoms with van der Waals surface area (Å²) in [5, 5.41) is 0.727. The number of benzene rings is 1. The third-order valence-corrected chi connectivity index (χ3v) is 4.58. The Hall–Kier alpha value is -0.730. The van der Waals surface area contributed by atoms with E-state index in [9.17, 15) is 0 Å². The molecule has 1 aliphatic rings. The van der Waals surface area contributed by atoms with E-state index in [1.165, 1.54) is 19.3 Å². The van der Waals surface area contributed by atoms with E-state index < -0.39 is 0 Å². The first-order valence-corrected chi connectivity index (χ1v) is 7.29. The second-order valence-electron chi connectivity index (χ2n) is 5.23. The summed E-state index contributed by atoms with van der Waals surface area (Å²) >= 11 is 12.0. The molecule has 18 heavy (non-hydrogen) atoms. The summed E-state index contributed by atoms with van der Waals surface area (Å²) in [5.41, 5.74) is 2.58. The Morgan fingerprint density at radius 1 is 1.39 bits per heavy atom. The number of halogens is 2. The monoisotopic (exact) mass is 282 g/mol. The fraction of sp³-hybridized carbons (Fsp3) is 0.500. The van der Waals surface area contributed by atoms with Gasteiger partial charge in [-0.1, -0.05) is 18.5 Å². The largest absolute Gasteiger partial charge is 0.326 e. The summed E-state index contributed by atoms with van der Waals surface area (Å²) < 4.78 is 2.27. The molecule has 1 saturated carbocycles. The van der Waals surface area contributed by atoms with Crippen LogP contribution in [-0.4, -0.2) is 9.55 Å². The second-order valence-corrected chi connectivity index (χ2v) is 5.94. The summed E-state index contributed by atoms with van der Waals surface area (Å²) in [6.07, 6.45) is 3.86. The van der Waals surface area contributed by atoms with E-state index in [0.29, 0.717) is 11.3 Å². The standard InChI is InChI=1S/C14H16Cl2N2/c1-2-14(5-6-14)9-18-12-4-3-10(16)7-11(12)17-13(18)8-15/h3-4,7H,2,5-6,8-9H2,1H3. The summed E-state index contributed by atoms with van der Waals surface area (Å²) in [7, 11) is 0. The quantitative estimate of drug-likeness (QED) is 0.749. The lowest BCUT2D eigenvalue weighted by atomic mass is 10.0. The molecule has 1 aromatic heterocycles. The van der Waals surface area contributed by atoms with Crippen LogP contribution in [0.4, 0.5) is 0 Å². The lowest BCUT2D eigenvalue weighted by Gasteiger charge is -2.15. The Morgan fingerprint density at radius 3 is 2.78 bits per heavy atom. The van der Waals surface area contributed by atoms with Crippen LogP contribution in [-0.2, 0) is 12.4 Å². The van der Waals surface area contributed by atoms with Crippen molar-refractivity contribution in [3.63, 3.8) is 0 Å². The van der Waals surface area contributed by atoms with Gasteiger partial charge in [-0.15, -0.1) is 11.6 Å². The molecule has 3 rings (SSSR count). The van der Waals surface area contributed by atoms with Gasteiger partial charge >= 0.3 is 0 Å². The Bertz CT molecular complexity index is 585. The van der Waals surface area contributed by atoms with Crippen molar-refractivity contribution in [1.29, 1.82) is 0 Å². The van der Waals surface area contributed by atoms with E-state index in [1.54, 1.807) is 0 Å². The maximum atomic E-state index is 6.02. The minimum atomic E-state index is 0.450. The van der Waals surface area contributed by atoms with Gasteiger partial charge in [-0.05, 0) is 42.9 Å². The highest BCUT2D eigenvalue weighted by Gasteiger charge is 2.41. The molecule has 2 aromatic rings. The molecular formula is C14H16Cl2N2. The van der Waals surface area contributed by atoms with Crippen molar-refractivity contribution in [3.8, 4) is 0 Å². The van der Waals surface area contributed by atoms with Crippen molar-refractivity contribution in [2.75, 3.05) is 0 Å². The number of alkyl halides is 1. The number of hydrogen-bond donors (Lipinski definition) is 0. The minimum Gasteiger partial charge on any atom is -0.326 e. The molecule has 0 aliphatic heterocycles. The molecule has 1 heterocycles. The molecule has 2 nitrogen and oxygen atoms in total. The maximum absolute atomic E-state index is 6.02. The summed E-state index contributed by atoms with van der Waals surface area (Å²) in [4.78, 5) is 4.58. The number of rotatable bonds is 4. The van der Waals surface area contributed by atoms with Crippen LogP contribution in [0.3, 0.4) is 0 Å². The highest BCUT2D eigenvalue weighted by molar-refractivity contribution is 6.31. The lowest BCUT2D eigenvalue weighted by molar-refractivity contribution is 0.410. The van der Waals surface area contributed by atoms with Crippen LogP contribution in [0.1, 0.15) is 32.0 Å². The van der Waals surface area contributed by atoms with Crippen LogP contribution in [0.25, 0.3) is 11.0 Å². The number of fused-ring (bicyclic) bond motifs is 1. The molecule has 0 amide bonds. The first-order chi connectivity index (χ1) is 8.67. The molecule has 4 heteroatoms. The zero-order valence-electron chi connectivity index (χ0n) is 10.4. The van der Waals surface area contributed by atoms with Gasteiger partial charge in [0.05, 0.1) is 16.9 Å². The summed E-state index contributed by atoms with van der Waals surface area (Å²) in [6.45, 7) is 3.30. The van der Waals surface area contributed by atoms with Crippen molar-refractivity contribution in [3.05, 3.63) is 29.0 Å². The third kappa shape index (κ3) is 2.02. The first kappa shape index (κ1) is 12.3. The molecule has 1 aromatic carbocycles. The van der Waals surface area contributed by atoms with Crippen molar-refractivity contribution in [1.82, 2.24) is 9.55 Å². The van der Waals surface area contributed by atoms with Gasteiger partial charge < -0.3 is 4.57 Å². The highest BCUT2D eigenvalue weighted by atomic mass is 35.5. The fourth-order valence-corrected chi connectivity index (χ4v) is 2.94. The van der Waals surface area contributed by atoms with Crippen LogP contribution < -0.4 is 0 Å². The molecule has 0 bridgehead atoms. The SMILES string of the molecule is CCC1(Cn2c(CCl)nc3cc(Cl)ccc32)CC1. The van der Waals surface area contributed by atoms with E-state index in [0.717, 1.165) is 28.4 Å². The molecule has 1 aliphatic carbocycles. The van der Waals surface area contributed by atoms with Crippen LogP contribution in [0.15, 0.2) is 18.2 Å². The van der Waals surface area contributed by atoms with E-state index >= 15 is 0 Å². The fourth-order valence-electron chi connectivity index (χ4n) is 2.57. The van der Waals surface area contributed by atoms with E-state index in [1.807, 2.05) is 18.2 Å². The van der Waals surface area contributed by atoms with Gasteiger partial charge in [-0.3, -0.25) is 0 Å². The van der Waals surface area contributed by atoms with Crippen molar-refractivity contribution < 1.29 is 0 Å². The van der Waals surface area contributed by atoms with E-state index in [4.69, 9.17) is 23.2 Å². The number of nitrogens with zero attached hydrogens (tertiary/aromatic N) is 2. The van der Waals surface area contributed by atoms with Gasteiger partial charge in [0.15, 0.2) is 0 Å².